The predicted molar refractivity (Wildman–Crippen MR) is 77.6 cm³/mol. The molecule has 0 bridgehead atoms. The number of aromatic nitrogens is 1. The number of hydrogen-bond acceptors (Lipinski definition) is 4. The lowest BCUT2D eigenvalue weighted by Gasteiger charge is -2.06. The molecule has 2 aromatic rings. The number of amides is 1. The first-order valence-electron chi connectivity index (χ1n) is 5.99. The van der Waals surface area contributed by atoms with E-state index in [4.69, 9.17) is 5.73 Å². The van der Waals surface area contributed by atoms with Crippen LogP contribution in [0, 0.1) is 5.82 Å². The Balaban J connectivity index is 1.78. The van der Waals surface area contributed by atoms with Gasteiger partial charge in [0.05, 0.1) is 11.4 Å². The maximum Gasteiger partial charge on any atom is 0.230 e. The molecule has 0 aliphatic rings. The highest BCUT2D eigenvalue weighted by molar-refractivity contribution is 8.00. The number of thioether (sulfide) groups is 1. The van der Waals surface area contributed by atoms with Crippen molar-refractivity contribution in [3.8, 4) is 0 Å². The molecule has 0 aliphatic heterocycles. The summed E-state index contributed by atoms with van der Waals surface area (Å²) < 4.78 is 12.7. The van der Waals surface area contributed by atoms with Gasteiger partial charge in [-0.2, -0.15) is 0 Å². The molecule has 0 saturated carbocycles. The molecule has 1 heterocycles. The number of nitrogens with zero attached hydrogens (tertiary/aromatic N) is 1. The van der Waals surface area contributed by atoms with E-state index in [9.17, 15) is 9.18 Å². The van der Waals surface area contributed by atoms with Crippen LogP contribution in [0.1, 0.15) is 5.56 Å². The van der Waals surface area contributed by atoms with Gasteiger partial charge in [0.15, 0.2) is 0 Å². The first-order valence-corrected chi connectivity index (χ1v) is 6.98. The number of nitrogens with two attached hydrogens (primary N) is 1. The quantitative estimate of drug-likeness (QED) is 0.829. The summed E-state index contributed by atoms with van der Waals surface area (Å²) in [6.45, 7) is 0.372. The van der Waals surface area contributed by atoms with E-state index in [-0.39, 0.29) is 17.5 Å². The van der Waals surface area contributed by atoms with E-state index in [1.165, 1.54) is 23.9 Å². The van der Waals surface area contributed by atoms with Gasteiger partial charge in [-0.05, 0) is 29.8 Å². The van der Waals surface area contributed by atoms with Gasteiger partial charge in [-0.25, -0.2) is 9.37 Å². The van der Waals surface area contributed by atoms with E-state index in [1.54, 1.807) is 30.5 Å². The third kappa shape index (κ3) is 4.24. The molecule has 0 fully saturated rings. The number of nitrogen functional groups attached to an aromatic ring is 1. The summed E-state index contributed by atoms with van der Waals surface area (Å²) in [7, 11) is 0. The van der Waals surface area contributed by atoms with Crippen molar-refractivity contribution in [2.45, 2.75) is 11.6 Å². The lowest BCUT2D eigenvalue weighted by atomic mass is 10.2. The molecule has 0 radical (unpaired) electrons. The molecule has 0 spiro atoms. The van der Waals surface area contributed by atoms with Gasteiger partial charge in [0.25, 0.3) is 0 Å². The Kier molecular flexibility index (Phi) is 4.95. The molecule has 3 N–H and O–H groups in total. The zero-order valence-electron chi connectivity index (χ0n) is 10.7. The molecule has 104 valence electrons. The fourth-order valence-electron chi connectivity index (χ4n) is 1.51. The van der Waals surface area contributed by atoms with Crippen molar-refractivity contribution >= 4 is 23.4 Å². The molecule has 0 unspecified atom stereocenters. The Labute approximate surface area is 120 Å². The number of nitrogens with one attached hydrogen (secondary N) is 1. The van der Waals surface area contributed by atoms with Crippen LogP contribution in [0.2, 0.25) is 0 Å². The average molecular weight is 291 g/mol. The number of carbonyl (C=O) groups is 1. The minimum atomic E-state index is -0.291. The van der Waals surface area contributed by atoms with Gasteiger partial charge in [-0.3, -0.25) is 4.79 Å². The smallest absolute Gasteiger partial charge is 0.230 e. The van der Waals surface area contributed by atoms with Gasteiger partial charge >= 0.3 is 0 Å². The van der Waals surface area contributed by atoms with Gasteiger partial charge in [-0.15, -0.1) is 0 Å². The number of pyridine rings is 1. The normalized spacial score (nSPS) is 10.2. The van der Waals surface area contributed by atoms with Crippen LogP contribution < -0.4 is 11.1 Å². The van der Waals surface area contributed by atoms with Crippen LogP contribution in [0.3, 0.4) is 0 Å². The van der Waals surface area contributed by atoms with Crippen molar-refractivity contribution < 1.29 is 9.18 Å². The Bertz CT molecular complexity index is 589. The summed E-state index contributed by atoms with van der Waals surface area (Å²) in [5.41, 5.74) is 7.14. The monoisotopic (exact) mass is 291 g/mol. The van der Waals surface area contributed by atoms with Gasteiger partial charge < -0.3 is 11.1 Å². The van der Waals surface area contributed by atoms with Crippen molar-refractivity contribution in [2.24, 2.45) is 0 Å². The minimum Gasteiger partial charge on any atom is -0.397 e. The van der Waals surface area contributed by atoms with E-state index >= 15 is 0 Å². The van der Waals surface area contributed by atoms with Gasteiger partial charge in [0.2, 0.25) is 5.91 Å². The highest BCUT2D eigenvalue weighted by Gasteiger charge is 2.06. The number of rotatable bonds is 5. The standard InChI is InChI=1S/C14H14FN3OS/c15-11-5-3-10(4-6-11)8-18-13(19)9-20-14-12(16)2-1-7-17-14/h1-7H,8-9,16H2,(H,18,19). The zero-order valence-corrected chi connectivity index (χ0v) is 11.5. The van der Waals surface area contributed by atoms with Gasteiger partial charge in [-0.1, -0.05) is 23.9 Å². The predicted octanol–water partition coefficient (Wildman–Crippen LogP) is 2.21. The molecule has 1 aromatic carbocycles. The highest BCUT2D eigenvalue weighted by atomic mass is 32.2. The number of hydrogen-bond donors (Lipinski definition) is 2. The molecule has 1 aromatic heterocycles. The average Bonchev–Trinajstić information content (AvgIpc) is 2.46. The van der Waals surface area contributed by atoms with Crippen molar-refractivity contribution in [3.05, 3.63) is 54.0 Å². The van der Waals surface area contributed by atoms with Crippen molar-refractivity contribution in [2.75, 3.05) is 11.5 Å². The van der Waals surface area contributed by atoms with E-state index < -0.39 is 0 Å². The van der Waals surface area contributed by atoms with Crippen LogP contribution >= 0.6 is 11.8 Å². The fourth-order valence-corrected chi connectivity index (χ4v) is 2.25. The molecule has 0 aliphatic carbocycles. The molecule has 0 saturated heterocycles. The molecule has 0 atom stereocenters. The summed E-state index contributed by atoms with van der Waals surface area (Å²) in [4.78, 5) is 15.8. The molecular weight excluding hydrogens is 277 g/mol. The lowest BCUT2D eigenvalue weighted by Crippen LogP contribution is -2.24. The maximum atomic E-state index is 12.7. The Morgan fingerprint density at radius 2 is 2.05 bits per heavy atom. The van der Waals surface area contributed by atoms with Crippen LogP contribution in [-0.4, -0.2) is 16.6 Å². The van der Waals surface area contributed by atoms with Crippen LogP contribution in [0.25, 0.3) is 0 Å². The molecule has 6 heteroatoms. The zero-order chi connectivity index (χ0) is 14.4. The summed E-state index contributed by atoms with van der Waals surface area (Å²) >= 11 is 1.28. The number of benzene rings is 1. The van der Waals surface area contributed by atoms with Crippen LogP contribution in [0.5, 0.6) is 0 Å². The Morgan fingerprint density at radius 1 is 1.30 bits per heavy atom. The third-order valence-electron chi connectivity index (χ3n) is 2.54. The topological polar surface area (TPSA) is 68.0 Å². The third-order valence-corrected chi connectivity index (χ3v) is 3.56. The van der Waals surface area contributed by atoms with E-state index in [1.807, 2.05) is 0 Å². The van der Waals surface area contributed by atoms with E-state index in [0.717, 1.165) is 5.56 Å². The van der Waals surface area contributed by atoms with Gasteiger partial charge in [0, 0.05) is 12.7 Å². The summed E-state index contributed by atoms with van der Waals surface area (Å²) in [5.74, 6) is -0.173. The molecule has 2 rings (SSSR count). The van der Waals surface area contributed by atoms with E-state index in [2.05, 4.69) is 10.3 Å². The second kappa shape index (κ2) is 6.91. The van der Waals surface area contributed by atoms with E-state index in [0.29, 0.717) is 17.3 Å². The van der Waals surface area contributed by atoms with Crippen LogP contribution in [-0.2, 0) is 11.3 Å². The van der Waals surface area contributed by atoms with Crippen molar-refractivity contribution in [1.82, 2.24) is 10.3 Å². The molecule has 4 nitrogen and oxygen atoms in total. The molecule has 20 heavy (non-hydrogen) atoms. The largest absolute Gasteiger partial charge is 0.397 e. The first-order chi connectivity index (χ1) is 9.65. The molecule has 1 amide bonds. The fraction of sp³-hybridized carbons (Fsp3) is 0.143. The lowest BCUT2D eigenvalue weighted by molar-refractivity contribution is -0.118. The Hall–Kier alpha value is -2.08. The maximum absolute atomic E-state index is 12.7. The van der Waals surface area contributed by atoms with Gasteiger partial charge in [0.1, 0.15) is 10.8 Å². The summed E-state index contributed by atoms with van der Waals surface area (Å²) in [6, 6.07) is 9.49. The number of anilines is 1. The highest BCUT2D eigenvalue weighted by Crippen LogP contribution is 2.20. The Morgan fingerprint density at radius 3 is 2.75 bits per heavy atom. The van der Waals surface area contributed by atoms with Crippen LogP contribution in [0.4, 0.5) is 10.1 Å². The second-order valence-electron chi connectivity index (χ2n) is 4.09. The second-order valence-corrected chi connectivity index (χ2v) is 5.05. The first kappa shape index (κ1) is 14.3. The van der Waals surface area contributed by atoms with Crippen molar-refractivity contribution in [1.29, 1.82) is 0 Å². The molecular formula is C14H14FN3OS. The van der Waals surface area contributed by atoms with Crippen molar-refractivity contribution in [3.63, 3.8) is 0 Å². The van der Waals surface area contributed by atoms with Crippen LogP contribution in [0.15, 0.2) is 47.6 Å². The number of carbonyl (C=O) groups excluding carboxylic acids is 1. The summed E-state index contributed by atoms with van der Waals surface area (Å²) in [5, 5.41) is 3.40. The minimum absolute atomic E-state index is 0.121. The number of halogens is 1. The summed E-state index contributed by atoms with van der Waals surface area (Å²) in [6.07, 6.45) is 1.63. The SMILES string of the molecule is Nc1cccnc1SCC(=O)NCc1ccc(F)cc1.